The van der Waals surface area contributed by atoms with Crippen LogP contribution in [0.2, 0.25) is 0 Å². The van der Waals surface area contributed by atoms with Crippen LogP contribution in [0.5, 0.6) is 0 Å². The third-order valence-electron chi connectivity index (χ3n) is 3.95. The number of carbonyl (C=O) groups is 1. The molecular weight excluding hydrogens is 258 g/mol. The molecule has 1 fully saturated rings. The number of aliphatic imine (C=N–C) groups is 2. The summed E-state index contributed by atoms with van der Waals surface area (Å²) in [6.07, 6.45) is 3.45. The van der Waals surface area contributed by atoms with Crippen LogP contribution in [0.4, 0.5) is 0 Å². The first kappa shape index (κ1) is 14.9. The predicted molar refractivity (Wildman–Crippen MR) is 77.7 cm³/mol. The van der Waals surface area contributed by atoms with Gasteiger partial charge in [0.15, 0.2) is 6.23 Å². The molecule has 0 spiro atoms. The van der Waals surface area contributed by atoms with Gasteiger partial charge in [0.25, 0.3) is 0 Å². The zero-order chi connectivity index (χ0) is 14.6. The molecule has 0 aliphatic carbocycles. The van der Waals surface area contributed by atoms with Crippen molar-refractivity contribution in [1.82, 2.24) is 4.90 Å². The third-order valence-corrected chi connectivity index (χ3v) is 3.95. The minimum absolute atomic E-state index is 0.123. The minimum atomic E-state index is -0.493. The highest BCUT2D eigenvalue weighted by Crippen LogP contribution is 2.29. The molecule has 0 bridgehead atoms. The number of likely N-dealkylation sites (tertiary alicyclic amines) is 1. The van der Waals surface area contributed by atoms with E-state index in [1.165, 1.54) is 0 Å². The standard InChI is InChI=1S/C13H23N5O2/c1-13(9-14)2-4-18(5-3-13)11-6-16-7-12(17-11)20-8-10(15)19/h6,12H,2-5,7-9,14H2,1H3,(H2,15,19). The molecule has 0 saturated carbocycles. The fourth-order valence-electron chi connectivity index (χ4n) is 2.36. The molecule has 0 radical (unpaired) electrons. The molecule has 1 amide bonds. The van der Waals surface area contributed by atoms with E-state index in [-0.39, 0.29) is 12.0 Å². The van der Waals surface area contributed by atoms with Gasteiger partial charge in [-0.1, -0.05) is 6.92 Å². The van der Waals surface area contributed by atoms with Crippen molar-refractivity contribution in [2.75, 3.05) is 32.8 Å². The predicted octanol–water partition coefficient (Wildman–Crippen LogP) is -0.642. The molecule has 2 aliphatic rings. The summed E-state index contributed by atoms with van der Waals surface area (Å²) >= 11 is 0. The first-order valence-corrected chi connectivity index (χ1v) is 6.95. The molecule has 2 heterocycles. The third kappa shape index (κ3) is 3.77. The lowest BCUT2D eigenvalue weighted by atomic mass is 9.80. The van der Waals surface area contributed by atoms with Gasteiger partial charge in [0.1, 0.15) is 12.4 Å². The van der Waals surface area contributed by atoms with Gasteiger partial charge in [0.2, 0.25) is 5.91 Å². The Morgan fingerprint density at radius 2 is 2.25 bits per heavy atom. The lowest BCUT2D eigenvalue weighted by molar-refractivity contribution is -0.124. The molecule has 1 atom stereocenters. The Labute approximate surface area is 119 Å². The molecule has 4 N–H and O–H groups in total. The van der Waals surface area contributed by atoms with Crippen molar-refractivity contribution >= 4 is 18.0 Å². The molecular formula is C13H23N5O2. The van der Waals surface area contributed by atoms with Crippen molar-refractivity contribution in [3.63, 3.8) is 0 Å². The first-order chi connectivity index (χ1) is 9.52. The van der Waals surface area contributed by atoms with Crippen LogP contribution >= 0.6 is 0 Å². The second kappa shape index (κ2) is 6.32. The van der Waals surface area contributed by atoms with Crippen molar-refractivity contribution in [3.05, 3.63) is 0 Å². The zero-order valence-electron chi connectivity index (χ0n) is 11.9. The van der Waals surface area contributed by atoms with E-state index in [2.05, 4.69) is 21.8 Å². The van der Waals surface area contributed by atoms with Crippen LogP contribution in [0.1, 0.15) is 19.8 Å². The summed E-state index contributed by atoms with van der Waals surface area (Å²) in [4.78, 5) is 21.6. The Bertz CT molecular complexity index is 413. The Kier molecular flexibility index (Phi) is 4.72. The summed E-state index contributed by atoms with van der Waals surface area (Å²) in [6, 6.07) is 0. The van der Waals surface area contributed by atoms with Crippen molar-refractivity contribution in [1.29, 1.82) is 0 Å². The molecule has 0 aromatic rings. The molecule has 2 aliphatic heterocycles. The number of primary amides is 1. The molecule has 1 saturated heterocycles. The lowest BCUT2D eigenvalue weighted by Crippen LogP contribution is -2.46. The number of piperidine rings is 1. The summed E-state index contributed by atoms with van der Waals surface area (Å²) in [5, 5.41) is 0. The second-order valence-electron chi connectivity index (χ2n) is 5.72. The van der Waals surface area contributed by atoms with Gasteiger partial charge in [-0.3, -0.25) is 9.79 Å². The van der Waals surface area contributed by atoms with E-state index in [9.17, 15) is 4.79 Å². The van der Waals surface area contributed by atoms with E-state index in [0.717, 1.165) is 31.8 Å². The van der Waals surface area contributed by atoms with E-state index in [4.69, 9.17) is 16.2 Å². The first-order valence-electron chi connectivity index (χ1n) is 6.95. The number of carbonyl (C=O) groups excluding carboxylic acids is 1. The maximum absolute atomic E-state index is 10.7. The maximum Gasteiger partial charge on any atom is 0.243 e. The molecule has 1 unspecified atom stereocenters. The smallest absolute Gasteiger partial charge is 0.243 e. The number of hydrogen-bond donors (Lipinski definition) is 2. The van der Waals surface area contributed by atoms with Crippen LogP contribution in [-0.4, -0.2) is 61.9 Å². The van der Waals surface area contributed by atoms with Gasteiger partial charge in [-0.25, -0.2) is 4.99 Å². The number of nitrogens with zero attached hydrogens (tertiary/aromatic N) is 3. The topological polar surface area (TPSA) is 106 Å². The molecule has 7 nitrogen and oxygen atoms in total. The Balaban J connectivity index is 1.91. The molecule has 7 heteroatoms. The van der Waals surface area contributed by atoms with Gasteiger partial charge in [0, 0.05) is 13.1 Å². The summed E-state index contributed by atoms with van der Waals surface area (Å²) in [7, 11) is 0. The van der Waals surface area contributed by atoms with Crippen LogP contribution in [-0.2, 0) is 9.53 Å². The second-order valence-corrected chi connectivity index (χ2v) is 5.72. The molecule has 0 aromatic heterocycles. The average Bonchev–Trinajstić information content (AvgIpc) is 2.46. The van der Waals surface area contributed by atoms with Crippen LogP contribution < -0.4 is 11.5 Å². The van der Waals surface area contributed by atoms with Gasteiger partial charge >= 0.3 is 0 Å². The lowest BCUT2D eigenvalue weighted by Gasteiger charge is -2.40. The van der Waals surface area contributed by atoms with Crippen LogP contribution in [0, 0.1) is 5.41 Å². The number of ether oxygens (including phenoxy) is 1. The highest BCUT2D eigenvalue weighted by Gasteiger charge is 2.30. The highest BCUT2D eigenvalue weighted by atomic mass is 16.5. The van der Waals surface area contributed by atoms with Crippen LogP contribution in [0.25, 0.3) is 0 Å². The molecule has 20 heavy (non-hydrogen) atoms. The largest absolute Gasteiger partial charge is 0.368 e. The number of amidine groups is 1. The fourth-order valence-corrected chi connectivity index (χ4v) is 2.36. The SMILES string of the molecule is CC1(CN)CCN(C2=NC(OCC(N)=O)CN=C2)CC1. The summed E-state index contributed by atoms with van der Waals surface area (Å²) in [5.74, 6) is 0.331. The monoisotopic (exact) mass is 281 g/mol. The van der Waals surface area contributed by atoms with Crippen molar-refractivity contribution < 1.29 is 9.53 Å². The van der Waals surface area contributed by atoms with Gasteiger partial charge < -0.3 is 21.1 Å². The van der Waals surface area contributed by atoms with E-state index < -0.39 is 12.1 Å². The fraction of sp³-hybridized carbons (Fsp3) is 0.769. The van der Waals surface area contributed by atoms with Gasteiger partial charge in [-0.15, -0.1) is 0 Å². The molecule has 112 valence electrons. The van der Waals surface area contributed by atoms with E-state index >= 15 is 0 Å². The zero-order valence-corrected chi connectivity index (χ0v) is 11.9. The van der Waals surface area contributed by atoms with Gasteiger partial charge in [-0.05, 0) is 24.8 Å². The molecule has 2 rings (SSSR count). The van der Waals surface area contributed by atoms with Crippen LogP contribution in [0.3, 0.4) is 0 Å². The number of amides is 1. The minimum Gasteiger partial charge on any atom is -0.368 e. The van der Waals surface area contributed by atoms with Crippen molar-refractivity contribution in [2.45, 2.75) is 26.0 Å². The normalized spacial score (nSPS) is 25.4. The Morgan fingerprint density at radius 3 is 2.85 bits per heavy atom. The van der Waals surface area contributed by atoms with Gasteiger partial charge in [0.05, 0.1) is 12.8 Å². The van der Waals surface area contributed by atoms with Crippen molar-refractivity contribution in [2.24, 2.45) is 26.9 Å². The Morgan fingerprint density at radius 1 is 1.55 bits per heavy atom. The van der Waals surface area contributed by atoms with E-state index in [0.29, 0.717) is 13.1 Å². The average molecular weight is 281 g/mol. The quantitative estimate of drug-likeness (QED) is 0.714. The maximum atomic E-state index is 10.7. The highest BCUT2D eigenvalue weighted by molar-refractivity contribution is 6.29. The van der Waals surface area contributed by atoms with Crippen LogP contribution in [0.15, 0.2) is 9.98 Å². The summed E-state index contributed by atoms with van der Waals surface area (Å²) < 4.78 is 5.31. The van der Waals surface area contributed by atoms with Gasteiger partial charge in [-0.2, -0.15) is 0 Å². The molecule has 0 aromatic carbocycles. The number of hydrogen-bond acceptors (Lipinski definition) is 6. The van der Waals surface area contributed by atoms with E-state index in [1.54, 1.807) is 6.21 Å². The summed E-state index contributed by atoms with van der Waals surface area (Å²) in [5.41, 5.74) is 11.1. The Hall–Kier alpha value is -1.47. The van der Waals surface area contributed by atoms with Crippen molar-refractivity contribution in [3.8, 4) is 0 Å². The number of nitrogens with two attached hydrogens (primary N) is 2. The summed E-state index contributed by atoms with van der Waals surface area (Å²) in [6.45, 7) is 5.08. The number of rotatable bonds is 4. The van der Waals surface area contributed by atoms with E-state index in [1.807, 2.05) is 0 Å².